The number of carbonyl (C=O) groups is 1. The molecule has 1 aromatic heterocycles. The molecule has 0 amide bonds. The quantitative estimate of drug-likeness (QED) is 0.646. The van der Waals surface area contributed by atoms with Crippen molar-refractivity contribution >= 4 is 16.9 Å². The molecule has 88 valence electrons. The minimum atomic E-state index is -0.305. The average Bonchev–Trinajstić information content (AvgIpc) is 2.70. The summed E-state index contributed by atoms with van der Waals surface area (Å²) < 4.78 is 5.04. The Kier molecular flexibility index (Phi) is 3.28. The smallest absolute Gasteiger partial charge is 0.355 e. The maximum atomic E-state index is 11.8. The summed E-state index contributed by atoms with van der Waals surface area (Å²) in [6.07, 6.45) is 2.44. The number of benzene rings is 1. The van der Waals surface area contributed by atoms with Gasteiger partial charge in [-0.25, -0.2) is 4.79 Å². The van der Waals surface area contributed by atoms with Crippen LogP contribution in [0.15, 0.2) is 36.9 Å². The number of nitrogens with one attached hydrogen (secondary N) is 1. The fraction of sp³-hybridized carbons (Fsp3) is 0.214. The van der Waals surface area contributed by atoms with E-state index in [9.17, 15) is 4.79 Å². The van der Waals surface area contributed by atoms with E-state index in [0.29, 0.717) is 18.7 Å². The molecule has 0 radical (unpaired) electrons. The Morgan fingerprint density at radius 1 is 1.47 bits per heavy atom. The molecule has 0 atom stereocenters. The van der Waals surface area contributed by atoms with Crippen LogP contribution in [0.1, 0.15) is 23.0 Å². The molecule has 2 rings (SSSR count). The molecule has 0 saturated heterocycles. The molecule has 0 saturated carbocycles. The standard InChI is InChI=1S/C14H15NO2/c1-3-7-11-10-8-5-6-9-12(10)15-13(11)14(16)17-4-2/h3,5-6,8-9,15H,1,4,7H2,2H3. The number of para-hydroxylation sites is 1. The lowest BCUT2D eigenvalue weighted by molar-refractivity contribution is 0.0519. The van der Waals surface area contributed by atoms with Gasteiger partial charge in [-0.2, -0.15) is 0 Å². The van der Waals surface area contributed by atoms with Gasteiger partial charge < -0.3 is 9.72 Å². The Labute approximate surface area is 100 Å². The van der Waals surface area contributed by atoms with Gasteiger partial charge in [0.15, 0.2) is 0 Å². The third-order valence-corrected chi connectivity index (χ3v) is 2.64. The van der Waals surface area contributed by atoms with Crippen molar-refractivity contribution in [2.45, 2.75) is 13.3 Å². The molecule has 17 heavy (non-hydrogen) atoms. The number of fused-ring (bicyclic) bond motifs is 1. The minimum absolute atomic E-state index is 0.305. The monoisotopic (exact) mass is 229 g/mol. The second-order valence-electron chi connectivity index (χ2n) is 3.74. The molecule has 0 fully saturated rings. The van der Waals surface area contributed by atoms with Crippen LogP contribution < -0.4 is 0 Å². The number of esters is 1. The lowest BCUT2D eigenvalue weighted by Gasteiger charge is -2.01. The zero-order valence-electron chi connectivity index (χ0n) is 9.82. The topological polar surface area (TPSA) is 42.1 Å². The van der Waals surface area contributed by atoms with Crippen LogP contribution in [0.4, 0.5) is 0 Å². The first-order valence-electron chi connectivity index (χ1n) is 5.65. The summed E-state index contributed by atoms with van der Waals surface area (Å²) in [6.45, 7) is 5.90. The Balaban J connectivity index is 2.56. The van der Waals surface area contributed by atoms with E-state index in [1.807, 2.05) is 24.3 Å². The van der Waals surface area contributed by atoms with Crippen LogP contribution in [0.5, 0.6) is 0 Å². The van der Waals surface area contributed by atoms with Crippen LogP contribution in [-0.2, 0) is 11.2 Å². The number of rotatable bonds is 4. The highest BCUT2D eigenvalue weighted by molar-refractivity contribution is 5.98. The summed E-state index contributed by atoms with van der Waals surface area (Å²) in [5.74, 6) is -0.305. The first-order chi connectivity index (χ1) is 8.27. The van der Waals surface area contributed by atoms with Gasteiger partial charge in [0, 0.05) is 10.9 Å². The fourth-order valence-corrected chi connectivity index (χ4v) is 1.93. The van der Waals surface area contributed by atoms with E-state index in [0.717, 1.165) is 16.5 Å². The number of hydrogen-bond donors (Lipinski definition) is 1. The predicted octanol–water partition coefficient (Wildman–Crippen LogP) is 3.07. The first kappa shape index (κ1) is 11.5. The van der Waals surface area contributed by atoms with Gasteiger partial charge in [0.1, 0.15) is 5.69 Å². The highest BCUT2D eigenvalue weighted by atomic mass is 16.5. The van der Waals surface area contributed by atoms with Crippen molar-refractivity contribution in [2.75, 3.05) is 6.61 Å². The van der Waals surface area contributed by atoms with Crippen molar-refractivity contribution in [1.82, 2.24) is 4.98 Å². The number of carbonyl (C=O) groups excluding carboxylic acids is 1. The minimum Gasteiger partial charge on any atom is -0.461 e. The summed E-state index contributed by atoms with van der Waals surface area (Å²) in [7, 11) is 0. The van der Waals surface area contributed by atoms with Gasteiger partial charge in [-0.15, -0.1) is 6.58 Å². The Morgan fingerprint density at radius 3 is 2.94 bits per heavy atom. The second kappa shape index (κ2) is 4.87. The molecule has 1 N–H and O–H groups in total. The molecule has 0 aliphatic rings. The Morgan fingerprint density at radius 2 is 2.24 bits per heavy atom. The molecule has 2 aromatic rings. The number of ether oxygens (including phenoxy) is 1. The van der Waals surface area contributed by atoms with Crippen molar-refractivity contribution < 1.29 is 9.53 Å². The molecule has 0 spiro atoms. The van der Waals surface area contributed by atoms with Gasteiger partial charge in [0.25, 0.3) is 0 Å². The number of H-pyrrole nitrogens is 1. The normalized spacial score (nSPS) is 10.4. The molecule has 0 aliphatic carbocycles. The molecule has 1 aromatic carbocycles. The zero-order chi connectivity index (χ0) is 12.3. The van der Waals surface area contributed by atoms with E-state index in [-0.39, 0.29) is 5.97 Å². The van der Waals surface area contributed by atoms with E-state index in [4.69, 9.17) is 4.74 Å². The summed E-state index contributed by atoms with van der Waals surface area (Å²) in [6, 6.07) is 7.83. The lowest BCUT2D eigenvalue weighted by atomic mass is 10.1. The highest BCUT2D eigenvalue weighted by Crippen LogP contribution is 2.23. The SMILES string of the molecule is C=CCc1c(C(=O)OCC)[nH]c2ccccc12. The van der Waals surface area contributed by atoms with Crippen LogP contribution in [0, 0.1) is 0 Å². The van der Waals surface area contributed by atoms with E-state index in [1.165, 1.54) is 0 Å². The molecule has 0 bridgehead atoms. The van der Waals surface area contributed by atoms with Crippen molar-refractivity contribution in [3.8, 4) is 0 Å². The molecular weight excluding hydrogens is 214 g/mol. The van der Waals surface area contributed by atoms with Crippen LogP contribution in [-0.4, -0.2) is 17.6 Å². The van der Waals surface area contributed by atoms with Gasteiger partial charge in [-0.05, 0) is 25.0 Å². The molecule has 0 unspecified atom stereocenters. The van der Waals surface area contributed by atoms with Gasteiger partial charge in [0.05, 0.1) is 6.61 Å². The van der Waals surface area contributed by atoms with Crippen molar-refractivity contribution in [3.05, 3.63) is 48.2 Å². The van der Waals surface area contributed by atoms with Crippen molar-refractivity contribution in [1.29, 1.82) is 0 Å². The molecular formula is C14H15NO2. The molecule has 3 heteroatoms. The van der Waals surface area contributed by atoms with Crippen LogP contribution >= 0.6 is 0 Å². The number of hydrogen-bond acceptors (Lipinski definition) is 2. The summed E-state index contributed by atoms with van der Waals surface area (Å²) in [5, 5.41) is 1.05. The van der Waals surface area contributed by atoms with E-state index in [2.05, 4.69) is 11.6 Å². The third-order valence-electron chi connectivity index (χ3n) is 2.64. The molecule has 0 aliphatic heterocycles. The van der Waals surface area contributed by atoms with Crippen LogP contribution in [0.2, 0.25) is 0 Å². The van der Waals surface area contributed by atoms with Gasteiger partial charge >= 0.3 is 5.97 Å². The zero-order valence-corrected chi connectivity index (χ0v) is 9.82. The van der Waals surface area contributed by atoms with Gasteiger partial charge in [-0.3, -0.25) is 0 Å². The van der Waals surface area contributed by atoms with Gasteiger partial charge in [-0.1, -0.05) is 24.3 Å². The predicted molar refractivity (Wildman–Crippen MR) is 68.2 cm³/mol. The second-order valence-corrected chi connectivity index (χ2v) is 3.74. The fourth-order valence-electron chi connectivity index (χ4n) is 1.93. The number of aromatic nitrogens is 1. The van der Waals surface area contributed by atoms with Crippen LogP contribution in [0.3, 0.4) is 0 Å². The van der Waals surface area contributed by atoms with E-state index >= 15 is 0 Å². The Hall–Kier alpha value is -2.03. The maximum absolute atomic E-state index is 11.8. The number of aromatic amines is 1. The van der Waals surface area contributed by atoms with Gasteiger partial charge in [0.2, 0.25) is 0 Å². The number of allylic oxidation sites excluding steroid dienone is 1. The molecule has 3 nitrogen and oxygen atoms in total. The van der Waals surface area contributed by atoms with Crippen molar-refractivity contribution in [2.24, 2.45) is 0 Å². The average molecular weight is 229 g/mol. The lowest BCUT2D eigenvalue weighted by Crippen LogP contribution is -2.07. The summed E-state index contributed by atoms with van der Waals surface area (Å²) in [4.78, 5) is 14.9. The van der Waals surface area contributed by atoms with E-state index < -0.39 is 0 Å². The summed E-state index contributed by atoms with van der Waals surface area (Å²) >= 11 is 0. The van der Waals surface area contributed by atoms with Crippen LogP contribution in [0.25, 0.3) is 10.9 Å². The van der Waals surface area contributed by atoms with E-state index in [1.54, 1.807) is 13.0 Å². The highest BCUT2D eigenvalue weighted by Gasteiger charge is 2.17. The summed E-state index contributed by atoms with van der Waals surface area (Å²) in [5.41, 5.74) is 2.44. The van der Waals surface area contributed by atoms with Crippen molar-refractivity contribution in [3.63, 3.8) is 0 Å². The molecule has 1 heterocycles. The largest absolute Gasteiger partial charge is 0.461 e. The third kappa shape index (κ3) is 2.09. The maximum Gasteiger partial charge on any atom is 0.355 e. The Bertz CT molecular complexity index is 554. The first-order valence-corrected chi connectivity index (χ1v) is 5.65.